The van der Waals surface area contributed by atoms with Crippen LogP contribution in [0, 0.1) is 0 Å². The molecule has 0 radical (unpaired) electrons. The molecule has 0 bridgehead atoms. The number of unbranched alkanes of at least 4 members (excludes halogenated alkanes) is 2. The van der Waals surface area contributed by atoms with Crippen molar-refractivity contribution >= 4 is 22.6 Å². The second-order valence-electron chi connectivity index (χ2n) is 5.78. The first-order valence-electron chi connectivity index (χ1n) is 8.13. The van der Waals surface area contributed by atoms with E-state index in [0.29, 0.717) is 19.4 Å². The van der Waals surface area contributed by atoms with E-state index < -0.39 is 5.97 Å². The molecule has 2 N–H and O–H groups in total. The van der Waals surface area contributed by atoms with Crippen LogP contribution in [0.4, 0.5) is 0 Å². The molecule has 2 rings (SSSR count). The summed E-state index contributed by atoms with van der Waals surface area (Å²) >= 11 is 0. The summed E-state index contributed by atoms with van der Waals surface area (Å²) in [5.74, 6) is 0.0324. The highest BCUT2D eigenvalue weighted by molar-refractivity contribution is 5.86. The van der Waals surface area contributed by atoms with Gasteiger partial charge in [-0.15, -0.1) is 0 Å². The number of amides is 1. The molecule has 24 heavy (non-hydrogen) atoms. The van der Waals surface area contributed by atoms with Crippen molar-refractivity contribution in [1.82, 2.24) is 5.32 Å². The number of fused-ring (bicyclic) bond motifs is 1. The predicted molar refractivity (Wildman–Crippen MR) is 93.3 cm³/mol. The zero-order valence-electron chi connectivity index (χ0n) is 13.9. The molecule has 0 atom stereocenters. The highest BCUT2D eigenvalue weighted by atomic mass is 16.5. The summed E-state index contributed by atoms with van der Waals surface area (Å²) in [4.78, 5) is 22.4. The van der Waals surface area contributed by atoms with Crippen molar-refractivity contribution in [3.63, 3.8) is 0 Å². The Morgan fingerprint density at radius 1 is 1.04 bits per heavy atom. The Bertz CT molecular complexity index is 712. The summed E-state index contributed by atoms with van der Waals surface area (Å²) in [6.45, 7) is 0.587. The number of aliphatic carboxylic acids is 1. The van der Waals surface area contributed by atoms with Crippen LogP contribution in [-0.2, 0) is 16.0 Å². The van der Waals surface area contributed by atoms with Gasteiger partial charge in [0.15, 0.2) is 0 Å². The van der Waals surface area contributed by atoms with Crippen LogP contribution < -0.4 is 10.1 Å². The molecule has 0 saturated heterocycles. The van der Waals surface area contributed by atoms with Gasteiger partial charge in [0.05, 0.1) is 13.5 Å². The Morgan fingerprint density at radius 2 is 1.79 bits per heavy atom. The first-order chi connectivity index (χ1) is 11.6. The number of hydrogen-bond donors (Lipinski definition) is 2. The van der Waals surface area contributed by atoms with Crippen LogP contribution in [0.15, 0.2) is 36.4 Å². The van der Waals surface area contributed by atoms with Crippen molar-refractivity contribution in [2.45, 2.75) is 32.1 Å². The van der Waals surface area contributed by atoms with E-state index in [4.69, 9.17) is 9.84 Å². The van der Waals surface area contributed by atoms with Gasteiger partial charge in [0.25, 0.3) is 0 Å². The van der Waals surface area contributed by atoms with Gasteiger partial charge in [0.1, 0.15) is 5.75 Å². The molecular weight excluding hydrogens is 306 g/mol. The van der Waals surface area contributed by atoms with Gasteiger partial charge in [-0.25, -0.2) is 0 Å². The van der Waals surface area contributed by atoms with E-state index >= 15 is 0 Å². The highest BCUT2D eigenvalue weighted by Crippen LogP contribution is 2.22. The van der Waals surface area contributed by atoms with Crippen molar-refractivity contribution in [3.8, 4) is 5.75 Å². The van der Waals surface area contributed by atoms with Crippen LogP contribution in [0.1, 0.15) is 31.2 Å². The van der Waals surface area contributed by atoms with Gasteiger partial charge in [-0.3, -0.25) is 9.59 Å². The van der Waals surface area contributed by atoms with E-state index in [1.54, 1.807) is 7.11 Å². The largest absolute Gasteiger partial charge is 0.497 e. The third-order valence-corrected chi connectivity index (χ3v) is 3.87. The van der Waals surface area contributed by atoms with Crippen LogP contribution in [0.5, 0.6) is 5.75 Å². The Hall–Kier alpha value is -2.56. The van der Waals surface area contributed by atoms with Crippen molar-refractivity contribution in [3.05, 3.63) is 42.0 Å². The summed E-state index contributed by atoms with van der Waals surface area (Å²) in [6, 6.07) is 11.8. The summed E-state index contributed by atoms with van der Waals surface area (Å²) in [5.41, 5.74) is 0.969. The Morgan fingerprint density at radius 3 is 2.54 bits per heavy atom. The molecule has 0 aliphatic rings. The molecular formula is C19H23NO4. The predicted octanol–water partition coefficient (Wildman–Crippen LogP) is 3.15. The Labute approximate surface area is 141 Å². The molecule has 5 heteroatoms. The lowest BCUT2D eigenvalue weighted by Gasteiger charge is -2.07. The van der Waals surface area contributed by atoms with Crippen LogP contribution >= 0.6 is 0 Å². The molecule has 0 heterocycles. The van der Waals surface area contributed by atoms with Gasteiger partial charge in [0.2, 0.25) is 5.91 Å². The van der Waals surface area contributed by atoms with Gasteiger partial charge >= 0.3 is 5.97 Å². The number of carboxylic acids is 1. The monoisotopic (exact) mass is 329 g/mol. The summed E-state index contributed by atoms with van der Waals surface area (Å²) in [7, 11) is 1.64. The van der Waals surface area contributed by atoms with Crippen LogP contribution in [-0.4, -0.2) is 30.6 Å². The Balaban J connectivity index is 1.79. The molecule has 0 saturated carbocycles. The number of carbonyl (C=O) groups is 2. The van der Waals surface area contributed by atoms with Crippen molar-refractivity contribution in [1.29, 1.82) is 0 Å². The number of ether oxygens (including phenoxy) is 1. The maximum Gasteiger partial charge on any atom is 0.303 e. The second-order valence-corrected chi connectivity index (χ2v) is 5.78. The number of benzene rings is 2. The quantitative estimate of drug-likeness (QED) is 0.693. The van der Waals surface area contributed by atoms with Crippen LogP contribution in [0.2, 0.25) is 0 Å². The minimum absolute atomic E-state index is 0.0129. The summed E-state index contributed by atoms with van der Waals surface area (Å²) in [5, 5.41) is 13.6. The van der Waals surface area contributed by atoms with Gasteiger partial charge in [-0.2, -0.15) is 0 Å². The maximum absolute atomic E-state index is 12.0. The zero-order chi connectivity index (χ0) is 17.4. The SMILES string of the molecule is COc1ccc2cc(CC(=O)NCCCCCC(=O)O)ccc2c1. The number of methoxy groups -OCH3 is 1. The molecule has 0 fully saturated rings. The molecule has 5 nitrogen and oxygen atoms in total. The minimum atomic E-state index is -0.770. The van der Waals surface area contributed by atoms with E-state index in [1.165, 1.54) is 0 Å². The molecule has 0 unspecified atom stereocenters. The van der Waals surface area contributed by atoms with Crippen molar-refractivity contribution in [2.75, 3.05) is 13.7 Å². The first-order valence-corrected chi connectivity index (χ1v) is 8.13. The van der Waals surface area contributed by atoms with Gasteiger partial charge in [-0.1, -0.05) is 30.7 Å². The molecule has 1 amide bonds. The lowest BCUT2D eigenvalue weighted by molar-refractivity contribution is -0.137. The molecule has 0 aliphatic carbocycles. The smallest absolute Gasteiger partial charge is 0.303 e. The topological polar surface area (TPSA) is 75.6 Å². The molecule has 0 spiro atoms. The highest BCUT2D eigenvalue weighted by Gasteiger charge is 2.05. The normalized spacial score (nSPS) is 10.5. The molecule has 128 valence electrons. The van der Waals surface area contributed by atoms with Gasteiger partial charge < -0.3 is 15.2 Å². The lowest BCUT2D eigenvalue weighted by atomic mass is 10.0. The first kappa shape index (κ1) is 17.8. The molecule has 2 aromatic rings. The summed E-state index contributed by atoms with van der Waals surface area (Å²) < 4.78 is 5.21. The average Bonchev–Trinajstić information content (AvgIpc) is 2.57. The fourth-order valence-electron chi connectivity index (χ4n) is 2.56. The zero-order valence-corrected chi connectivity index (χ0v) is 13.9. The maximum atomic E-state index is 12.0. The van der Waals surface area contributed by atoms with E-state index in [2.05, 4.69) is 5.32 Å². The van der Waals surface area contributed by atoms with E-state index in [0.717, 1.165) is 34.9 Å². The molecule has 2 aromatic carbocycles. The molecule has 0 aliphatic heterocycles. The third-order valence-electron chi connectivity index (χ3n) is 3.87. The van der Waals surface area contributed by atoms with E-state index in [9.17, 15) is 9.59 Å². The van der Waals surface area contributed by atoms with Crippen LogP contribution in [0.3, 0.4) is 0 Å². The standard InChI is InChI=1S/C19H23NO4/c1-24-17-9-8-15-11-14(6-7-16(15)13-17)12-18(21)20-10-4-2-3-5-19(22)23/h6-9,11,13H,2-5,10,12H2,1H3,(H,20,21)(H,22,23). The average molecular weight is 329 g/mol. The van der Waals surface area contributed by atoms with E-state index in [-0.39, 0.29) is 12.3 Å². The number of carbonyl (C=O) groups excluding carboxylic acids is 1. The van der Waals surface area contributed by atoms with Crippen LogP contribution in [0.25, 0.3) is 10.8 Å². The van der Waals surface area contributed by atoms with Crippen molar-refractivity contribution < 1.29 is 19.4 Å². The van der Waals surface area contributed by atoms with E-state index in [1.807, 2.05) is 36.4 Å². The van der Waals surface area contributed by atoms with Gasteiger partial charge in [-0.05, 0) is 41.3 Å². The third kappa shape index (κ3) is 5.57. The van der Waals surface area contributed by atoms with Gasteiger partial charge in [0, 0.05) is 13.0 Å². The lowest BCUT2D eigenvalue weighted by Crippen LogP contribution is -2.26. The number of carboxylic acid groups (broad SMARTS) is 1. The molecule has 0 aromatic heterocycles. The number of hydrogen-bond acceptors (Lipinski definition) is 3. The fourth-order valence-corrected chi connectivity index (χ4v) is 2.56. The minimum Gasteiger partial charge on any atom is -0.497 e. The van der Waals surface area contributed by atoms with Crippen molar-refractivity contribution in [2.24, 2.45) is 0 Å². The fraction of sp³-hybridized carbons (Fsp3) is 0.368. The summed E-state index contributed by atoms with van der Waals surface area (Å²) in [6.07, 6.45) is 2.80. The second kappa shape index (κ2) is 8.91. The number of rotatable bonds is 9. The Kier molecular flexibility index (Phi) is 6.61. The number of nitrogens with one attached hydrogen (secondary N) is 1.